The van der Waals surface area contributed by atoms with Gasteiger partial charge in [0.1, 0.15) is 11.8 Å². The number of benzene rings is 2. The molecule has 0 radical (unpaired) electrons. The van der Waals surface area contributed by atoms with Crippen LogP contribution in [0.25, 0.3) is 0 Å². The van der Waals surface area contributed by atoms with Crippen LogP contribution in [0.15, 0.2) is 30.3 Å². The second-order valence-electron chi connectivity index (χ2n) is 8.48. The minimum absolute atomic E-state index is 0.0731. The molecular weight excluding hydrogens is 376 g/mol. The fourth-order valence-electron chi connectivity index (χ4n) is 4.14. The Morgan fingerprint density at radius 3 is 2.50 bits per heavy atom. The van der Waals surface area contributed by atoms with Crippen LogP contribution in [0, 0.1) is 20.8 Å². The molecule has 0 saturated heterocycles. The largest absolute Gasteiger partial charge is 0.493 e. The Kier molecular flexibility index (Phi) is 6.49. The van der Waals surface area contributed by atoms with Gasteiger partial charge in [0.25, 0.3) is 5.91 Å². The Morgan fingerprint density at radius 2 is 1.83 bits per heavy atom. The van der Waals surface area contributed by atoms with Gasteiger partial charge in [-0.25, -0.2) is 0 Å². The molecule has 5 heteroatoms. The first kappa shape index (κ1) is 21.9. The number of ether oxygens (including phenoxy) is 1. The molecule has 0 aromatic heterocycles. The smallest absolute Gasteiger partial charge is 0.254 e. The third kappa shape index (κ3) is 4.35. The molecule has 3 rings (SSSR count). The van der Waals surface area contributed by atoms with Gasteiger partial charge in [-0.2, -0.15) is 0 Å². The standard InChI is InChI=1S/C25H32N2O3/c1-15(2)20-11-8-16(3)14-21(20)30-13-7-12-27-24-18(5)10-9-17(4)22(24)23(25(27)29)26-19(6)28/h8-11,14-15,23H,7,12-13H2,1-6H3,(H,26,28)/t23-/m1/s1. The van der Waals surface area contributed by atoms with Crippen molar-refractivity contribution in [2.45, 2.75) is 59.9 Å². The van der Waals surface area contributed by atoms with Crippen molar-refractivity contribution >= 4 is 17.5 Å². The zero-order valence-corrected chi connectivity index (χ0v) is 18.8. The molecule has 0 unspecified atom stereocenters. The van der Waals surface area contributed by atoms with Crippen LogP contribution in [-0.2, 0) is 9.59 Å². The number of carbonyl (C=O) groups excluding carboxylic acids is 2. The zero-order valence-electron chi connectivity index (χ0n) is 18.8. The second-order valence-corrected chi connectivity index (χ2v) is 8.48. The van der Waals surface area contributed by atoms with Gasteiger partial charge in [0, 0.05) is 19.0 Å². The number of amides is 2. The third-order valence-corrected chi connectivity index (χ3v) is 5.63. The molecule has 1 aliphatic rings. The van der Waals surface area contributed by atoms with E-state index in [2.05, 4.69) is 44.3 Å². The Labute approximate surface area is 179 Å². The summed E-state index contributed by atoms with van der Waals surface area (Å²) in [5.41, 5.74) is 6.26. The zero-order chi connectivity index (χ0) is 22.0. The second kappa shape index (κ2) is 8.90. The monoisotopic (exact) mass is 408 g/mol. The highest BCUT2D eigenvalue weighted by Crippen LogP contribution is 2.40. The number of rotatable bonds is 7. The van der Waals surface area contributed by atoms with Crippen LogP contribution in [0.3, 0.4) is 0 Å². The lowest BCUT2D eigenvalue weighted by atomic mass is 9.99. The highest BCUT2D eigenvalue weighted by molar-refractivity contribution is 6.07. The van der Waals surface area contributed by atoms with Crippen molar-refractivity contribution in [2.24, 2.45) is 0 Å². The molecule has 5 nitrogen and oxygen atoms in total. The molecule has 0 fully saturated rings. The lowest BCUT2D eigenvalue weighted by molar-refractivity contribution is -0.126. The van der Waals surface area contributed by atoms with Gasteiger partial charge in [-0.1, -0.05) is 38.1 Å². The average molecular weight is 409 g/mol. The molecule has 1 N–H and O–H groups in total. The van der Waals surface area contributed by atoms with E-state index in [-0.39, 0.29) is 11.8 Å². The first-order chi connectivity index (χ1) is 14.2. The van der Waals surface area contributed by atoms with Crippen molar-refractivity contribution < 1.29 is 14.3 Å². The van der Waals surface area contributed by atoms with Gasteiger partial charge in [-0.3, -0.25) is 9.59 Å². The predicted molar refractivity (Wildman–Crippen MR) is 120 cm³/mol. The van der Waals surface area contributed by atoms with Crippen LogP contribution in [0.2, 0.25) is 0 Å². The third-order valence-electron chi connectivity index (χ3n) is 5.63. The molecule has 2 amide bonds. The first-order valence-electron chi connectivity index (χ1n) is 10.6. The normalized spacial score (nSPS) is 15.5. The van der Waals surface area contributed by atoms with Gasteiger partial charge in [-0.15, -0.1) is 0 Å². The summed E-state index contributed by atoms with van der Waals surface area (Å²) in [5.74, 6) is 1.03. The molecule has 160 valence electrons. The number of hydrogen-bond donors (Lipinski definition) is 1. The number of carbonyl (C=O) groups is 2. The van der Waals surface area contributed by atoms with E-state index in [0.29, 0.717) is 25.5 Å². The molecule has 0 spiro atoms. The number of nitrogens with one attached hydrogen (secondary N) is 1. The van der Waals surface area contributed by atoms with Crippen LogP contribution >= 0.6 is 0 Å². The topological polar surface area (TPSA) is 58.6 Å². The molecule has 1 atom stereocenters. The quantitative estimate of drug-likeness (QED) is 0.674. The van der Waals surface area contributed by atoms with Crippen LogP contribution in [0.5, 0.6) is 5.75 Å². The van der Waals surface area contributed by atoms with E-state index in [9.17, 15) is 9.59 Å². The van der Waals surface area contributed by atoms with Gasteiger partial charge in [-0.05, 0) is 61.4 Å². The maximum atomic E-state index is 13.1. The minimum atomic E-state index is -0.609. The molecule has 0 aliphatic carbocycles. The van der Waals surface area contributed by atoms with E-state index in [1.165, 1.54) is 18.1 Å². The van der Waals surface area contributed by atoms with E-state index >= 15 is 0 Å². The summed E-state index contributed by atoms with van der Waals surface area (Å²) in [6, 6.07) is 9.74. The van der Waals surface area contributed by atoms with Gasteiger partial charge in [0.2, 0.25) is 5.91 Å². The summed E-state index contributed by atoms with van der Waals surface area (Å²) in [6.45, 7) is 12.9. The number of anilines is 1. The van der Waals surface area contributed by atoms with Gasteiger partial charge >= 0.3 is 0 Å². The fourth-order valence-corrected chi connectivity index (χ4v) is 4.14. The van der Waals surface area contributed by atoms with Gasteiger partial charge in [0.15, 0.2) is 0 Å². The summed E-state index contributed by atoms with van der Waals surface area (Å²) in [5, 5.41) is 2.83. The summed E-state index contributed by atoms with van der Waals surface area (Å²) in [4.78, 5) is 26.6. The van der Waals surface area contributed by atoms with Crippen molar-refractivity contribution in [2.75, 3.05) is 18.1 Å². The Bertz CT molecular complexity index is 965. The highest BCUT2D eigenvalue weighted by Gasteiger charge is 2.39. The summed E-state index contributed by atoms with van der Waals surface area (Å²) >= 11 is 0. The first-order valence-corrected chi connectivity index (χ1v) is 10.6. The van der Waals surface area contributed by atoms with Crippen molar-refractivity contribution in [3.05, 3.63) is 58.1 Å². The van der Waals surface area contributed by atoms with E-state index < -0.39 is 6.04 Å². The number of hydrogen-bond acceptors (Lipinski definition) is 3. The van der Waals surface area contributed by atoms with Crippen molar-refractivity contribution in [3.63, 3.8) is 0 Å². The Hall–Kier alpha value is -2.82. The van der Waals surface area contributed by atoms with E-state index in [4.69, 9.17) is 4.74 Å². The Balaban J connectivity index is 1.74. The van der Waals surface area contributed by atoms with Crippen molar-refractivity contribution in [1.29, 1.82) is 0 Å². The minimum Gasteiger partial charge on any atom is -0.493 e. The number of nitrogens with zero attached hydrogens (tertiary/aromatic N) is 1. The molecule has 0 saturated carbocycles. The van der Waals surface area contributed by atoms with Crippen LogP contribution < -0.4 is 15.0 Å². The van der Waals surface area contributed by atoms with Gasteiger partial charge in [0.05, 0.1) is 12.3 Å². The molecule has 30 heavy (non-hydrogen) atoms. The molecule has 0 bridgehead atoms. The maximum absolute atomic E-state index is 13.1. The summed E-state index contributed by atoms with van der Waals surface area (Å²) in [7, 11) is 0. The summed E-state index contributed by atoms with van der Waals surface area (Å²) in [6.07, 6.45) is 0.705. The van der Waals surface area contributed by atoms with Crippen LogP contribution in [0.1, 0.15) is 67.0 Å². The van der Waals surface area contributed by atoms with E-state index in [1.54, 1.807) is 4.90 Å². The van der Waals surface area contributed by atoms with Gasteiger partial charge < -0.3 is 15.0 Å². The van der Waals surface area contributed by atoms with Crippen molar-refractivity contribution in [1.82, 2.24) is 5.32 Å². The van der Waals surface area contributed by atoms with Crippen LogP contribution in [0.4, 0.5) is 5.69 Å². The van der Waals surface area contributed by atoms with E-state index in [0.717, 1.165) is 28.1 Å². The van der Waals surface area contributed by atoms with Crippen LogP contribution in [-0.4, -0.2) is 25.0 Å². The molecule has 1 heterocycles. The van der Waals surface area contributed by atoms with E-state index in [1.807, 2.05) is 26.0 Å². The Morgan fingerprint density at radius 1 is 1.13 bits per heavy atom. The molecule has 2 aromatic rings. The number of fused-ring (bicyclic) bond motifs is 1. The fraction of sp³-hybridized carbons (Fsp3) is 0.440. The predicted octanol–water partition coefficient (Wildman–Crippen LogP) is 4.73. The number of aryl methyl sites for hydroxylation is 3. The highest BCUT2D eigenvalue weighted by atomic mass is 16.5. The lowest BCUT2D eigenvalue weighted by Crippen LogP contribution is -2.37. The molecule has 1 aliphatic heterocycles. The molecule has 2 aromatic carbocycles. The summed E-state index contributed by atoms with van der Waals surface area (Å²) < 4.78 is 6.10. The average Bonchev–Trinajstić information content (AvgIpc) is 2.94. The maximum Gasteiger partial charge on any atom is 0.254 e. The lowest BCUT2D eigenvalue weighted by Gasteiger charge is -2.20. The SMILES string of the molecule is CC(=O)N[C@H]1C(=O)N(CCCOc2cc(C)ccc2C(C)C)c2c(C)ccc(C)c21. The molecular formula is C25H32N2O3. The van der Waals surface area contributed by atoms with Crippen molar-refractivity contribution in [3.8, 4) is 5.75 Å².